The molecule has 1 heterocycles. The van der Waals surface area contributed by atoms with Crippen LogP contribution in [-0.4, -0.2) is 23.3 Å². The molecule has 164 valence electrons. The number of hydrogen-bond donors (Lipinski definition) is 0. The number of unbranched alkanes of at least 4 members (excludes halogenated alkanes) is 1. The van der Waals surface area contributed by atoms with E-state index >= 15 is 0 Å². The fraction of sp³-hybridized carbons (Fsp3) is 0.259. The topological polar surface area (TPSA) is 53.3 Å². The summed E-state index contributed by atoms with van der Waals surface area (Å²) in [5.41, 5.74) is 3.96. The number of aryl methyl sites for hydroxylation is 2. The van der Waals surface area contributed by atoms with Gasteiger partial charge in [-0.3, -0.25) is 9.36 Å². The highest BCUT2D eigenvalue weighted by Crippen LogP contribution is 2.22. The van der Waals surface area contributed by atoms with Gasteiger partial charge in [0.05, 0.1) is 24.6 Å². The van der Waals surface area contributed by atoms with Gasteiger partial charge in [-0.2, -0.15) is 0 Å². The maximum atomic E-state index is 13.3. The normalized spacial score (nSPS) is 11.0. The quantitative estimate of drug-likeness (QED) is 0.345. The van der Waals surface area contributed by atoms with Gasteiger partial charge < -0.3 is 9.47 Å². The minimum absolute atomic E-state index is 0.0170. The van der Waals surface area contributed by atoms with Crippen LogP contribution in [0.15, 0.2) is 71.5 Å². The molecule has 0 atom stereocenters. The molecule has 1 aromatic heterocycles. The number of methoxy groups -OCH3 is 1. The number of rotatable bonds is 8. The van der Waals surface area contributed by atoms with Crippen molar-refractivity contribution in [3.63, 3.8) is 0 Å². The molecular formula is C27H28N2O3. The van der Waals surface area contributed by atoms with E-state index in [1.165, 1.54) is 11.1 Å². The van der Waals surface area contributed by atoms with Crippen molar-refractivity contribution in [1.82, 2.24) is 9.55 Å². The third kappa shape index (κ3) is 4.83. The first-order valence-electron chi connectivity index (χ1n) is 10.9. The third-order valence-corrected chi connectivity index (χ3v) is 5.45. The molecule has 0 aliphatic carbocycles. The molecule has 5 nitrogen and oxygen atoms in total. The van der Waals surface area contributed by atoms with Gasteiger partial charge in [-0.15, -0.1) is 0 Å². The Balaban J connectivity index is 1.53. The van der Waals surface area contributed by atoms with Gasteiger partial charge in [0, 0.05) is 12.1 Å². The lowest BCUT2D eigenvalue weighted by atomic mass is 10.1. The zero-order valence-electron chi connectivity index (χ0n) is 18.8. The molecule has 0 radical (unpaired) electrons. The highest BCUT2D eigenvalue weighted by atomic mass is 16.5. The van der Waals surface area contributed by atoms with Crippen molar-refractivity contribution in [3.8, 4) is 22.9 Å². The molecule has 0 fully saturated rings. The first-order valence-corrected chi connectivity index (χ1v) is 10.9. The predicted octanol–water partition coefficient (Wildman–Crippen LogP) is 5.55. The van der Waals surface area contributed by atoms with Crippen LogP contribution in [0.2, 0.25) is 0 Å². The van der Waals surface area contributed by atoms with Gasteiger partial charge in [0.25, 0.3) is 5.56 Å². The van der Waals surface area contributed by atoms with Gasteiger partial charge in [0.1, 0.15) is 17.3 Å². The molecule has 0 bridgehead atoms. The average molecular weight is 429 g/mol. The number of benzene rings is 3. The molecule has 0 saturated carbocycles. The summed E-state index contributed by atoms with van der Waals surface area (Å²) in [6, 6.07) is 21.4. The van der Waals surface area contributed by atoms with Crippen molar-refractivity contribution in [2.75, 3.05) is 13.7 Å². The minimum Gasteiger partial charge on any atom is -0.497 e. The van der Waals surface area contributed by atoms with Gasteiger partial charge >= 0.3 is 0 Å². The third-order valence-electron chi connectivity index (χ3n) is 5.45. The fourth-order valence-electron chi connectivity index (χ4n) is 3.91. The molecule has 0 unspecified atom stereocenters. The van der Waals surface area contributed by atoms with Crippen LogP contribution in [-0.2, 0) is 6.54 Å². The van der Waals surface area contributed by atoms with Gasteiger partial charge in [-0.25, -0.2) is 4.98 Å². The molecule has 0 aliphatic rings. The van der Waals surface area contributed by atoms with E-state index in [4.69, 9.17) is 14.5 Å². The summed E-state index contributed by atoms with van der Waals surface area (Å²) in [6.07, 6.45) is 1.65. The summed E-state index contributed by atoms with van der Waals surface area (Å²) in [4.78, 5) is 18.1. The van der Waals surface area contributed by atoms with Crippen LogP contribution in [0.25, 0.3) is 22.3 Å². The van der Waals surface area contributed by atoms with Gasteiger partial charge in [0.2, 0.25) is 0 Å². The Morgan fingerprint density at radius 1 is 0.875 bits per heavy atom. The van der Waals surface area contributed by atoms with Crippen LogP contribution in [0, 0.1) is 13.8 Å². The first kappa shape index (κ1) is 21.6. The zero-order valence-corrected chi connectivity index (χ0v) is 18.8. The summed E-state index contributed by atoms with van der Waals surface area (Å²) in [7, 11) is 1.64. The van der Waals surface area contributed by atoms with Crippen LogP contribution in [0.3, 0.4) is 0 Å². The van der Waals surface area contributed by atoms with E-state index in [2.05, 4.69) is 19.9 Å². The summed E-state index contributed by atoms with van der Waals surface area (Å²) < 4.78 is 13.0. The molecule has 4 aromatic rings. The summed E-state index contributed by atoms with van der Waals surface area (Å²) in [5, 5.41) is 0.635. The van der Waals surface area contributed by atoms with E-state index < -0.39 is 0 Å². The van der Waals surface area contributed by atoms with E-state index in [1.807, 2.05) is 60.7 Å². The first-order chi connectivity index (χ1) is 15.5. The van der Waals surface area contributed by atoms with Crippen molar-refractivity contribution >= 4 is 10.9 Å². The maximum absolute atomic E-state index is 13.3. The number of fused-ring (bicyclic) bond motifs is 1. The van der Waals surface area contributed by atoms with Crippen LogP contribution >= 0.6 is 0 Å². The van der Waals surface area contributed by atoms with Crippen molar-refractivity contribution in [3.05, 3.63) is 88.2 Å². The van der Waals surface area contributed by atoms with E-state index in [0.29, 0.717) is 29.9 Å². The van der Waals surface area contributed by atoms with E-state index in [-0.39, 0.29) is 5.56 Å². The van der Waals surface area contributed by atoms with E-state index in [1.54, 1.807) is 11.7 Å². The highest BCUT2D eigenvalue weighted by molar-refractivity contribution is 5.79. The van der Waals surface area contributed by atoms with Crippen molar-refractivity contribution in [2.24, 2.45) is 0 Å². The molecule has 0 amide bonds. The molecule has 0 spiro atoms. The average Bonchev–Trinajstić information content (AvgIpc) is 2.79. The Hall–Kier alpha value is -3.60. The van der Waals surface area contributed by atoms with Crippen LogP contribution in [0.5, 0.6) is 11.5 Å². The van der Waals surface area contributed by atoms with Gasteiger partial charge in [0.15, 0.2) is 0 Å². The van der Waals surface area contributed by atoms with Crippen molar-refractivity contribution in [1.29, 1.82) is 0 Å². The fourth-order valence-corrected chi connectivity index (χ4v) is 3.91. The number of para-hydroxylation sites is 1. The number of hydrogen-bond acceptors (Lipinski definition) is 4. The number of aromatic nitrogens is 2. The van der Waals surface area contributed by atoms with Gasteiger partial charge in [-0.05, 0) is 86.3 Å². The van der Waals surface area contributed by atoms with Crippen LogP contribution in [0.4, 0.5) is 0 Å². The number of ether oxygens (including phenoxy) is 2. The van der Waals surface area contributed by atoms with E-state index in [9.17, 15) is 4.79 Å². The Morgan fingerprint density at radius 2 is 1.59 bits per heavy atom. The standard InChI is InChI=1S/C27H28N2O3/c1-19-16-20(2)18-23(17-19)32-15-7-6-14-29-26(21-10-12-22(31-3)13-11-21)28-25-9-5-4-8-24(25)27(29)30/h4-5,8-13,16-18H,6-7,14-15H2,1-3H3. The maximum Gasteiger partial charge on any atom is 0.261 e. The lowest BCUT2D eigenvalue weighted by Gasteiger charge is -2.14. The molecule has 0 aliphatic heterocycles. The second-order valence-corrected chi connectivity index (χ2v) is 8.02. The highest BCUT2D eigenvalue weighted by Gasteiger charge is 2.13. The van der Waals surface area contributed by atoms with Gasteiger partial charge in [-0.1, -0.05) is 18.2 Å². The second kappa shape index (κ2) is 9.69. The Kier molecular flexibility index (Phi) is 6.55. The Bertz CT molecular complexity index is 1260. The zero-order chi connectivity index (χ0) is 22.5. The van der Waals surface area contributed by atoms with Crippen molar-refractivity contribution < 1.29 is 9.47 Å². The number of nitrogens with zero attached hydrogens (tertiary/aromatic N) is 2. The molecule has 0 N–H and O–H groups in total. The smallest absolute Gasteiger partial charge is 0.261 e. The SMILES string of the molecule is COc1ccc(-c2nc3ccccc3c(=O)n2CCCCOc2cc(C)cc(C)c2)cc1. The Labute approximate surface area is 188 Å². The summed E-state index contributed by atoms with van der Waals surface area (Å²) in [6.45, 7) is 5.32. The minimum atomic E-state index is -0.0170. The lowest BCUT2D eigenvalue weighted by molar-refractivity contribution is 0.302. The lowest BCUT2D eigenvalue weighted by Crippen LogP contribution is -2.24. The van der Waals surface area contributed by atoms with Crippen molar-refractivity contribution in [2.45, 2.75) is 33.2 Å². The largest absolute Gasteiger partial charge is 0.497 e. The van der Waals surface area contributed by atoms with E-state index in [0.717, 1.165) is 29.9 Å². The monoisotopic (exact) mass is 428 g/mol. The molecular weight excluding hydrogens is 400 g/mol. The molecule has 0 saturated heterocycles. The predicted molar refractivity (Wildman–Crippen MR) is 129 cm³/mol. The molecule has 3 aromatic carbocycles. The summed E-state index contributed by atoms with van der Waals surface area (Å²) >= 11 is 0. The summed E-state index contributed by atoms with van der Waals surface area (Å²) in [5.74, 6) is 2.34. The molecule has 32 heavy (non-hydrogen) atoms. The molecule has 4 rings (SSSR count). The van der Waals surface area contributed by atoms with Crippen LogP contribution < -0.4 is 15.0 Å². The second-order valence-electron chi connectivity index (χ2n) is 8.02. The Morgan fingerprint density at radius 3 is 2.31 bits per heavy atom. The molecule has 5 heteroatoms. The van der Waals surface area contributed by atoms with Crippen LogP contribution in [0.1, 0.15) is 24.0 Å².